The third-order valence-corrected chi connectivity index (χ3v) is 5.28. The van der Waals surface area contributed by atoms with E-state index in [0.717, 1.165) is 23.1 Å². The molecule has 1 amide bonds. The average molecular weight is 384 g/mol. The lowest BCUT2D eigenvalue weighted by Gasteiger charge is -2.37. The van der Waals surface area contributed by atoms with E-state index in [1.54, 1.807) is 12.4 Å². The zero-order chi connectivity index (χ0) is 19.0. The lowest BCUT2D eigenvalue weighted by atomic mass is 10.0. The van der Waals surface area contributed by atoms with Gasteiger partial charge in [0, 0.05) is 42.3 Å². The first kappa shape index (κ1) is 17.9. The first-order valence-corrected chi connectivity index (χ1v) is 9.53. The molecule has 1 N–H and O–H groups in total. The quantitative estimate of drug-likeness (QED) is 0.752. The highest BCUT2D eigenvalue weighted by molar-refractivity contribution is 6.31. The number of nitrogens with zero attached hydrogens (tertiary/aromatic N) is 4. The van der Waals surface area contributed by atoms with Crippen molar-refractivity contribution < 1.29 is 4.79 Å². The Labute approximate surface area is 163 Å². The van der Waals surface area contributed by atoms with Crippen LogP contribution in [0.15, 0.2) is 42.7 Å². The minimum absolute atomic E-state index is 0.0342. The summed E-state index contributed by atoms with van der Waals surface area (Å²) in [6.07, 6.45) is 3.42. The Morgan fingerprint density at radius 3 is 2.89 bits per heavy atom. The van der Waals surface area contributed by atoms with Crippen LogP contribution in [-0.2, 0) is 0 Å². The molecule has 0 spiro atoms. The van der Waals surface area contributed by atoms with E-state index in [-0.39, 0.29) is 18.0 Å². The summed E-state index contributed by atoms with van der Waals surface area (Å²) in [6, 6.07) is 9.69. The van der Waals surface area contributed by atoms with Crippen LogP contribution in [-0.4, -0.2) is 45.2 Å². The third kappa shape index (κ3) is 3.31. The molecule has 27 heavy (non-hydrogen) atoms. The van der Waals surface area contributed by atoms with Gasteiger partial charge in [0.2, 0.25) is 0 Å². The zero-order valence-electron chi connectivity index (χ0n) is 15.4. The molecular formula is C20H22ClN5O. The Morgan fingerprint density at radius 2 is 2.11 bits per heavy atom. The fraction of sp³-hybridized carbons (Fsp3) is 0.350. The summed E-state index contributed by atoms with van der Waals surface area (Å²) in [5, 5.41) is 9.30. The van der Waals surface area contributed by atoms with Crippen molar-refractivity contribution in [3.8, 4) is 0 Å². The van der Waals surface area contributed by atoms with Gasteiger partial charge in [-0.3, -0.25) is 4.79 Å². The van der Waals surface area contributed by atoms with Crippen molar-refractivity contribution in [1.82, 2.24) is 25.0 Å². The number of benzene rings is 1. The summed E-state index contributed by atoms with van der Waals surface area (Å²) >= 11 is 6.39. The number of aromatic nitrogens is 3. The van der Waals surface area contributed by atoms with E-state index in [0.29, 0.717) is 23.7 Å². The number of pyridine rings is 1. The molecule has 3 aromatic rings. The van der Waals surface area contributed by atoms with Crippen LogP contribution in [0.1, 0.15) is 41.9 Å². The molecular weight excluding hydrogens is 362 g/mol. The minimum atomic E-state index is -0.103. The minimum Gasteiger partial charge on any atom is -0.329 e. The predicted molar refractivity (Wildman–Crippen MR) is 106 cm³/mol. The molecule has 1 aliphatic heterocycles. The molecule has 0 saturated carbocycles. The lowest BCUT2D eigenvalue weighted by Crippen LogP contribution is -2.48. The van der Waals surface area contributed by atoms with Gasteiger partial charge in [-0.2, -0.15) is 5.10 Å². The Hall–Kier alpha value is -2.44. The maximum absolute atomic E-state index is 13.3. The Morgan fingerprint density at radius 1 is 1.30 bits per heavy atom. The van der Waals surface area contributed by atoms with Gasteiger partial charge in [-0.1, -0.05) is 29.8 Å². The summed E-state index contributed by atoms with van der Waals surface area (Å²) in [5.41, 5.74) is 2.33. The summed E-state index contributed by atoms with van der Waals surface area (Å²) in [5.74, 6) is -0.0342. The van der Waals surface area contributed by atoms with Crippen molar-refractivity contribution in [2.75, 3.05) is 19.6 Å². The van der Waals surface area contributed by atoms with Gasteiger partial charge in [-0.25, -0.2) is 9.67 Å². The number of hydrogen-bond donors (Lipinski definition) is 1. The summed E-state index contributed by atoms with van der Waals surface area (Å²) in [4.78, 5) is 19.7. The van der Waals surface area contributed by atoms with Gasteiger partial charge < -0.3 is 10.2 Å². The van der Waals surface area contributed by atoms with E-state index < -0.39 is 0 Å². The van der Waals surface area contributed by atoms with E-state index in [1.165, 1.54) is 0 Å². The topological polar surface area (TPSA) is 63.1 Å². The SMILES string of the molecule is CC(C)n1ncc2cc(C(=O)N3CCNCC3c3ccccc3Cl)cnc21. The van der Waals surface area contributed by atoms with E-state index in [2.05, 4.69) is 29.2 Å². The molecule has 4 rings (SSSR count). The molecule has 6 nitrogen and oxygen atoms in total. The van der Waals surface area contributed by atoms with Crippen LogP contribution in [0.3, 0.4) is 0 Å². The number of halogens is 1. The normalized spacial score (nSPS) is 17.6. The van der Waals surface area contributed by atoms with E-state index in [4.69, 9.17) is 11.6 Å². The van der Waals surface area contributed by atoms with E-state index in [1.807, 2.05) is 39.9 Å². The van der Waals surface area contributed by atoms with E-state index >= 15 is 0 Å². The van der Waals surface area contributed by atoms with Crippen molar-refractivity contribution >= 4 is 28.5 Å². The van der Waals surface area contributed by atoms with Crippen LogP contribution in [0.5, 0.6) is 0 Å². The van der Waals surface area contributed by atoms with Crippen LogP contribution >= 0.6 is 11.6 Å². The standard InChI is InChI=1S/C20H22ClN5O/c1-13(2)26-19-14(11-24-26)9-15(10-23-19)20(27)25-8-7-22-12-18(25)16-5-3-4-6-17(16)21/h3-6,9-11,13,18,22H,7-8,12H2,1-2H3. The fourth-order valence-corrected chi connectivity index (χ4v) is 3.83. The van der Waals surface area contributed by atoms with Gasteiger partial charge >= 0.3 is 0 Å². The number of fused-ring (bicyclic) bond motifs is 1. The van der Waals surface area contributed by atoms with Crippen LogP contribution in [0.4, 0.5) is 0 Å². The molecule has 1 saturated heterocycles. The van der Waals surface area contributed by atoms with Crippen molar-refractivity contribution in [2.45, 2.75) is 25.9 Å². The van der Waals surface area contributed by atoms with E-state index in [9.17, 15) is 4.79 Å². The Balaban J connectivity index is 1.68. The lowest BCUT2D eigenvalue weighted by molar-refractivity contribution is 0.0634. The predicted octanol–water partition coefficient (Wildman–Crippen LogP) is 3.45. The molecule has 1 fully saturated rings. The Bertz CT molecular complexity index is 983. The van der Waals surface area contributed by atoms with Crippen LogP contribution in [0, 0.1) is 0 Å². The second-order valence-electron chi connectivity index (χ2n) is 7.06. The molecule has 2 aromatic heterocycles. The maximum Gasteiger partial charge on any atom is 0.256 e. The number of amides is 1. The van der Waals surface area contributed by atoms with Gasteiger partial charge in [-0.05, 0) is 31.5 Å². The molecule has 1 aliphatic rings. The van der Waals surface area contributed by atoms with Gasteiger partial charge in [0.1, 0.15) is 0 Å². The molecule has 1 atom stereocenters. The number of piperazine rings is 1. The van der Waals surface area contributed by atoms with Crippen LogP contribution in [0.25, 0.3) is 11.0 Å². The molecule has 7 heteroatoms. The summed E-state index contributed by atoms with van der Waals surface area (Å²) < 4.78 is 1.86. The van der Waals surface area contributed by atoms with Crippen molar-refractivity contribution in [3.63, 3.8) is 0 Å². The number of nitrogens with one attached hydrogen (secondary N) is 1. The fourth-order valence-electron chi connectivity index (χ4n) is 3.57. The first-order valence-electron chi connectivity index (χ1n) is 9.15. The summed E-state index contributed by atoms with van der Waals surface area (Å²) in [7, 11) is 0. The van der Waals surface area contributed by atoms with Gasteiger partial charge in [0.25, 0.3) is 5.91 Å². The Kier molecular flexibility index (Phi) is 4.85. The van der Waals surface area contributed by atoms with Crippen molar-refractivity contribution in [2.24, 2.45) is 0 Å². The maximum atomic E-state index is 13.3. The second kappa shape index (κ2) is 7.29. The second-order valence-corrected chi connectivity index (χ2v) is 7.47. The number of hydrogen-bond acceptors (Lipinski definition) is 4. The molecule has 0 bridgehead atoms. The molecule has 140 valence electrons. The largest absolute Gasteiger partial charge is 0.329 e. The van der Waals surface area contributed by atoms with Gasteiger partial charge in [0.05, 0.1) is 17.8 Å². The molecule has 1 unspecified atom stereocenters. The highest BCUT2D eigenvalue weighted by Gasteiger charge is 2.30. The smallest absolute Gasteiger partial charge is 0.256 e. The van der Waals surface area contributed by atoms with Crippen LogP contribution in [0.2, 0.25) is 5.02 Å². The highest BCUT2D eigenvalue weighted by atomic mass is 35.5. The van der Waals surface area contributed by atoms with Crippen molar-refractivity contribution in [3.05, 3.63) is 58.9 Å². The zero-order valence-corrected chi connectivity index (χ0v) is 16.1. The molecule has 3 heterocycles. The average Bonchev–Trinajstić information content (AvgIpc) is 3.11. The number of rotatable bonds is 3. The van der Waals surface area contributed by atoms with Crippen molar-refractivity contribution in [1.29, 1.82) is 0 Å². The third-order valence-electron chi connectivity index (χ3n) is 4.94. The molecule has 0 radical (unpaired) electrons. The highest BCUT2D eigenvalue weighted by Crippen LogP contribution is 2.30. The first-order chi connectivity index (χ1) is 13.1. The van der Waals surface area contributed by atoms with Crippen LogP contribution < -0.4 is 5.32 Å². The van der Waals surface area contributed by atoms with Gasteiger partial charge in [0.15, 0.2) is 5.65 Å². The molecule has 0 aliphatic carbocycles. The monoisotopic (exact) mass is 383 g/mol. The van der Waals surface area contributed by atoms with Gasteiger partial charge in [-0.15, -0.1) is 0 Å². The molecule has 1 aromatic carbocycles. The number of carbonyl (C=O) groups excluding carboxylic acids is 1. The number of carbonyl (C=O) groups is 1. The summed E-state index contributed by atoms with van der Waals surface area (Å²) in [6.45, 7) is 6.17.